The molecule has 440 valence electrons. The van der Waals surface area contributed by atoms with Gasteiger partial charge in [0.05, 0.1) is 32.0 Å². The van der Waals surface area contributed by atoms with Gasteiger partial charge >= 0.3 is 0 Å². The third kappa shape index (κ3) is 33.1. The molecule has 0 saturated carbocycles. The maximum atomic E-state index is 13.2. The van der Waals surface area contributed by atoms with E-state index in [9.17, 15) is 45.6 Å². The molecule has 0 aliphatic carbocycles. The molecule has 9 N–H and O–H groups in total. The first-order chi connectivity index (χ1) is 37.6. The molecule has 2 aliphatic rings. The summed E-state index contributed by atoms with van der Waals surface area (Å²) < 4.78 is 22.7. The second-order valence-corrected chi connectivity index (χ2v) is 20.4. The molecule has 14 nitrogen and oxygen atoms in total. The molecule has 0 spiro atoms. The maximum Gasteiger partial charge on any atom is 0.220 e. The fourth-order valence-electron chi connectivity index (χ4n) is 8.95. The fourth-order valence-corrected chi connectivity index (χ4v) is 8.95. The number of carbonyl (C=O) groups excluding carboxylic acids is 1. The highest BCUT2D eigenvalue weighted by molar-refractivity contribution is 5.76. The average Bonchev–Trinajstić information content (AvgIpc) is 3.44. The van der Waals surface area contributed by atoms with Gasteiger partial charge in [0.1, 0.15) is 48.8 Å². The fraction of sp³-hybridized carbons (Fsp3) is 0.698. The summed E-state index contributed by atoms with van der Waals surface area (Å²) in [6.07, 6.45) is 50.2. The average molecular weight is 1080 g/mol. The van der Waals surface area contributed by atoms with Crippen LogP contribution in [0.4, 0.5) is 0 Å². The van der Waals surface area contributed by atoms with E-state index in [1.54, 1.807) is 6.08 Å². The quantitative estimate of drug-likeness (QED) is 0.0205. The standard InChI is InChI=1S/C63H105NO13/c1-3-5-7-9-11-13-14-15-16-17-18-19-20-21-22-23-24-25-26-27-28-29-30-31-32-33-34-35-36-37-38-39-41-43-45-47-55(68)64-51(52(67)46-44-42-40-12-10-8-6-4-2)50-74-62-60(73)58(71)61(54(49-66)76-62)77-63-59(72)57(70)56(69)53(48-65)75-63/h5,7,11,13,15-16,18-19,21-22,24-25,27-28,30-31,44,46,51-54,56-63,65-67,69-73H,3-4,6,8-10,12,14,17,20,23,26,29,32-43,45,47-50H2,1-2H3,(H,64,68)/b7-5-,13-11-,16-15-,19-18-,22-21-,25-24-,28-27-,31-30-,46-44+. The first-order valence-electron chi connectivity index (χ1n) is 29.6. The van der Waals surface area contributed by atoms with Gasteiger partial charge in [0.2, 0.25) is 5.91 Å². The van der Waals surface area contributed by atoms with Gasteiger partial charge in [-0.1, -0.05) is 207 Å². The minimum atomic E-state index is -1.79. The Kier molecular flexibility index (Phi) is 43.0. The molecule has 0 radical (unpaired) electrons. The highest BCUT2D eigenvalue weighted by Crippen LogP contribution is 2.30. The summed E-state index contributed by atoms with van der Waals surface area (Å²) in [4.78, 5) is 13.2. The lowest BCUT2D eigenvalue weighted by Gasteiger charge is -2.46. The van der Waals surface area contributed by atoms with E-state index in [4.69, 9.17) is 18.9 Å². The number of allylic oxidation sites excluding steroid dienone is 17. The zero-order valence-corrected chi connectivity index (χ0v) is 47.2. The molecular weight excluding hydrogens is 979 g/mol. The first kappa shape index (κ1) is 69.8. The van der Waals surface area contributed by atoms with Gasteiger partial charge in [-0.25, -0.2) is 0 Å². The number of hydrogen-bond acceptors (Lipinski definition) is 13. The summed E-state index contributed by atoms with van der Waals surface area (Å²) in [6.45, 7) is 2.60. The second-order valence-electron chi connectivity index (χ2n) is 20.4. The van der Waals surface area contributed by atoms with Crippen molar-refractivity contribution in [3.63, 3.8) is 0 Å². The number of hydrogen-bond donors (Lipinski definition) is 9. The molecule has 2 rings (SSSR count). The first-order valence-corrected chi connectivity index (χ1v) is 29.6. The van der Waals surface area contributed by atoms with Gasteiger partial charge in [-0.3, -0.25) is 4.79 Å². The van der Waals surface area contributed by atoms with Gasteiger partial charge in [-0.05, 0) is 83.5 Å². The summed E-state index contributed by atoms with van der Waals surface area (Å²) in [7, 11) is 0. The van der Waals surface area contributed by atoms with E-state index in [0.29, 0.717) is 6.42 Å². The van der Waals surface area contributed by atoms with Gasteiger partial charge in [0, 0.05) is 6.42 Å². The molecule has 2 aliphatic heterocycles. The maximum absolute atomic E-state index is 13.2. The molecule has 2 saturated heterocycles. The lowest BCUT2D eigenvalue weighted by molar-refractivity contribution is -0.359. The van der Waals surface area contributed by atoms with Crippen molar-refractivity contribution in [2.45, 2.75) is 261 Å². The number of rotatable bonds is 45. The third-order valence-corrected chi connectivity index (χ3v) is 13.7. The van der Waals surface area contributed by atoms with Crippen LogP contribution in [-0.2, 0) is 23.7 Å². The number of nitrogens with one attached hydrogen (secondary N) is 1. The Bertz CT molecular complexity index is 1700. The summed E-state index contributed by atoms with van der Waals surface area (Å²) in [5.74, 6) is -0.253. The van der Waals surface area contributed by atoms with Crippen LogP contribution in [-0.4, -0.2) is 140 Å². The van der Waals surface area contributed by atoms with Crippen molar-refractivity contribution in [2.75, 3.05) is 19.8 Å². The molecule has 2 fully saturated rings. The second kappa shape index (κ2) is 47.5. The van der Waals surface area contributed by atoms with Crippen molar-refractivity contribution in [3.8, 4) is 0 Å². The number of carbonyl (C=O) groups is 1. The van der Waals surface area contributed by atoms with Crippen LogP contribution in [0.25, 0.3) is 0 Å². The number of aliphatic hydroxyl groups is 8. The lowest BCUT2D eigenvalue weighted by Crippen LogP contribution is -2.65. The van der Waals surface area contributed by atoms with Crippen LogP contribution in [0.3, 0.4) is 0 Å². The van der Waals surface area contributed by atoms with Crippen molar-refractivity contribution in [1.82, 2.24) is 5.32 Å². The molecule has 12 unspecified atom stereocenters. The van der Waals surface area contributed by atoms with E-state index in [1.165, 1.54) is 57.8 Å². The van der Waals surface area contributed by atoms with E-state index in [-0.39, 0.29) is 18.9 Å². The van der Waals surface area contributed by atoms with Crippen LogP contribution in [0.1, 0.15) is 187 Å². The topological polar surface area (TPSA) is 228 Å². The highest BCUT2D eigenvalue weighted by atomic mass is 16.7. The minimum Gasteiger partial charge on any atom is -0.394 e. The largest absolute Gasteiger partial charge is 0.394 e. The predicted octanol–water partition coefficient (Wildman–Crippen LogP) is 10.1. The molecule has 12 atom stereocenters. The summed E-state index contributed by atoms with van der Waals surface area (Å²) in [5.41, 5.74) is 0. The van der Waals surface area contributed by atoms with Crippen LogP contribution in [0, 0.1) is 0 Å². The molecule has 0 bridgehead atoms. The Hall–Kier alpha value is -3.35. The van der Waals surface area contributed by atoms with E-state index < -0.39 is 86.8 Å². The van der Waals surface area contributed by atoms with Gasteiger partial charge < -0.3 is 65.1 Å². The summed E-state index contributed by atoms with van der Waals surface area (Å²) in [6, 6.07) is -0.921. The molecular formula is C63H105NO13. The van der Waals surface area contributed by atoms with Gasteiger partial charge in [0.15, 0.2) is 12.6 Å². The van der Waals surface area contributed by atoms with Crippen LogP contribution >= 0.6 is 0 Å². The molecule has 0 aromatic heterocycles. The van der Waals surface area contributed by atoms with Crippen molar-refractivity contribution >= 4 is 5.91 Å². The Morgan fingerprint density at radius 1 is 0.481 bits per heavy atom. The zero-order chi connectivity index (χ0) is 56.0. The van der Waals surface area contributed by atoms with Crippen molar-refractivity contribution in [3.05, 3.63) is 109 Å². The Morgan fingerprint density at radius 2 is 0.896 bits per heavy atom. The number of aliphatic hydroxyl groups excluding tert-OH is 8. The van der Waals surface area contributed by atoms with Crippen LogP contribution in [0.15, 0.2) is 109 Å². The smallest absolute Gasteiger partial charge is 0.220 e. The minimum absolute atomic E-state index is 0.253. The number of ether oxygens (including phenoxy) is 4. The van der Waals surface area contributed by atoms with E-state index in [2.05, 4.69) is 116 Å². The third-order valence-electron chi connectivity index (χ3n) is 13.7. The van der Waals surface area contributed by atoms with E-state index >= 15 is 0 Å². The van der Waals surface area contributed by atoms with Gasteiger partial charge in [-0.15, -0.1) is 0 Å². The Morgan fingerprint density at radius 3 is 1.38 bits per heavy atom. The zero-order valence-electron chi connectivity index (χ0n) is 47.2. The molecule has 0 aromatic rings. The highest BCUT2D eigenvalue weighted by Gasteiger charge is 2.51. The van der Waals surface area contributed by atoms with Crippen molar-refractivity contribution in [1.29, 1.82) is 0 Å². The molecule has 14 heteroatoms. The molecule has 2 heterocycles. The SMILES string of the molecule is CC/C=C\C/C=C\C/C=C\C/C=C\C/C=C\C/C=C\C/C=C\C/C=C\CCCCCCCCCCCCC(=O)NC(COC1OC(CO)C(OC2OC(CO)C(O)C(O)C2O)C(O)C1O)C(O)/C=C/CCCCCCCC. The van der Waals surface area contributed by atoms with Crippen LogP contribution in [0.5, 0.6) is 0 Å². The van der Waals surface area contributed by atoms with Crippen LogP contribution in [0.2, 0.25) is 0 Å². The van der Waals surface area contributed by atoms with E-state index in [0.717, 1.165) is 103 Å². The molecule has 0 aromatic carbocycles. The summed E-state index contributed by atoms with van der Waals surface area (Å²) in [5, 5.41) is 86.7. The lowest BCUT2D eigenvalue weighted by atomic mass is 9.97. The van der Waals surface area contributed by atoms with E-state index in [1.807, 2.05) is 6.08 Å². The van der Waals surface area contributed by atoms with Crippen molar-refractivity contribution in [2.24, 2.45) is 0 Å². The Balaban J connectivity index is 1.62. The monoisotopic (exact) mass is 1080 g/mol. The normalized spacial score (nSPS) is 25.5. The predicted molar refractivity (Wildman–Crippen MR) is 309 cm³/mol. The number of amides is 1. The van der Waals surface area contributed by atoms with Crippen molar-refractivity contribution < 1.29 is 64.6 Å². The summed E-state index contributed by atoms with van der Waals surface area (Å²) >= 11 is 0. The van der Waals surface area contributed by atoms with Gasteiger partial charge in [0.25, 0.3) is 0 Å². The number of unbranched alkanes of at least 4 members (excludes halogenated alkanes) is 16. The van der Waals surface area contributed by atoms with Crippen LogP contribution < -0.4 is 5.32 Å². The molecule has 77 heavy (non-hydrogen) atoms. The Labute approximate surface area is 464 Å². The molecule has 1 amide bonds. The van der Waals surface area contributed by atoms with Gasteiger partial charge in [-0.2, -0.15) is 0 Å².